The van der Waals surface area contributed by atoms with E-state index in [1.807, 2.05) is 123 Å². The Morgan fingerprint density at radius 3 is 1.00 bits per heavy atom. The van der Waals surface area contributed by atoms with Crippen molar-refractivity contribution in [3.8, 4) is 55.8 Å². The fourth-order valence-electron chi connectivity index (χ4n) is 6.33. The minimum atomic E-state index is 1.19. The number of aromatic amines is 1. The molecule has 5 aromatic carbocycles. The Morgan fingerprint density at radius 2 is 0.700 bits per heavy atom. The van der Waals surface area contributed by atoms with E-state index >= 15 is 0 Å². The first-order chi connectivity index (χ1) is 34.3. The first-order valence-electron chi connectivity index (χ1n) is 24.9. The van der Waals surface area contributed by atoms with E-state index in [-0.39, 0.29) is 0 Å². The molecule has 0 spiro atoms. The fourth-order valence-corrected chi connectivity index (χ4v) is 9.37. The number of nitrogens with one attached hydrogen (secondary N) is 1. The summed E-state index contributed by atoms with van der Waals surface area (Å²) in [7, 11) is 0. The highest BCUT2D eigenvalue weighted by atomic mass is 32.1. The van der Waals surface area contributed by atoms with Crippen LogP contribution in [-0.2, 0) is 0 Å². The standard InChI is InChI=1S/C12H12S.C11H11N.2C11H10S.C10H8S.5C2H6/c1-9-8-12(10(2)13-9)11-6-4-3-5-7-11;1-9-7-11(12-8-9)10-5-3-2-4-6-10;2*1-9-7-11(8-12-9)10-5-3-2-4-6-10;1-2-4-9(5-3-1)10-6-7-11-8-10;5*1-2/h3-8H,1-2H3;2-8,12H,1H3;2*2-8H,1H3;1-8H;5*1-2H3. The molecule has 5 heteroatoms. The number of aryl methyl sites for hydroxylation is 5. The predicted molar refractivity (Wildman–Crippen MR) is 326 cm³/mol. The molecule has 1 N–H and O–H groups in total. The minimum absolute atomic E-state index is 1.19. The van der Waals surface area contributed by atoms with E-state index in [2.05, 4.69) is 207 Å². The van der Waals surface area contributed by atoms with Crippen molar-refractivity contribution >= 4 is 45.3 Å². The second kappa shape index (κ2) is 39.0. The van der Waals surface area contributed by atoms with Gasteiger partial charge in [-0.05, 0) is 142 Å². The number of rotatable bonds is 5. The highest BCUT2D eigenvalue weighted by Crippen LogP contribution is 2.30. The van der Waals surface area contributed by atoms with Gasteiger partial charge in [0.1, 0.15) is 0 Å². The van der Waals surface area contributed by atoms with Gasteiger partial charge in [-0.1, -0.05) is 221 Å². The predicted octanol–water partition coefficient (Wildman–Crippen LogP) is 23.0. The third-order valence-electron chi connectivity index (χ3n) is 9.34. The lowest BCUT2D eigenvalue weighted by Gasteiger charge is -1.97. The van der Waals surface area contributed by atoms with Gasteiger partial charge in [-0.15, -0.1) is 34.0 Å². The number of hydrogen-bond donors (Lipinski definition) is 1. The Kier molecular flexibility index (Phi) is 34.6. The highest BCUT2D eigenvalue weighted by molar-refractivity contribution is 7.12. The van der Waals surface area contributed by atoms with E-state index in [0.29, 0.717) is 0 Å². The SMILES string of the molecule is CC.CC.CC.CC.CC.Cc1c[nH]c(-c2ccccc2)c1.Cc1cc(-c2ccccc2)c(C)s1.Cc1cc(-c2ccccc2)cs1.Cc1cc(-c2ccccc2)cs1.c1ccc(-c2ccsc2)cc1. The molecule has 5 aromatic heterocycles. The van der Waals surface area contributed by atoms with Gasteiger partial charge in [-0.3, -0.25) is 0 Å². The van der Waals surface area contributed by atoms with Gasteiger partial charge in [0, 0.05) is 31.4 Å². The molecule has 0 fully saturated rings. The lowest BCUT2D eigenvalue weighted by atomic mass is 10.1. The van der Waals surface area contributed by atoms with Crippen LogP contribution in [0.3, 0.4) is 0 Å². The maximum absolute atomic E-state index is 3.22. The van der Waals surface area contributed by atoms with Crippen molar-refractivity contribution in [1.82, 2.24) is 4.98 Å². The number of benzene rings is 5. The first kappa shape index (κ1) is 62.2. The molecule has 0 bridgehead atoms. The van der Waals surface area contributed by atoms with Crippen LogP contribution in [0, 0.1) is 34.6 Å². The molecule has 0 amide bonds. The quantitative estimate of drug-likeness (QED) is 0.177. The fraction of sp³-hybridized carbons (Fsp3) is 0.231. The summed E-state index contributed by atoms with van der Waals surface area (Å²) >= 11 is 7.20. The Morgan fingerprint density at radius 1 is 0.329 bits per heavy atom. The maximum atomic E-state index is 3.22. The van der Waals surface area contributed by atoms with Crippen LogP contribution in [0.1, 0.15) is 94.3 Å². The largest absolute Gasteiger partial charge is 0.361 e. The lowest BCUT2D eigenvalue weighted by Crippen LogP contribution is -1.74. The average Bonchev–Trinajstić information content (AvgIpc) is 4.33. The molecular weight excluding hydrogens is 923 g/mol. The molecule has 5 heterocycles. The molecule has 0 unspecified atom stereocenters. The van der Waals surface area contributed by atoms with E-state index in [1.54, 1.807) is 34.0 Å². The maximum Gasteiger partial charge on any atom is 0.0456 e. The zero-order chi connectivity index (χ0) is 51.9. The number of H-pyrrole nitrogens is 1. The average molecular weight is 1000 g/mol. The zero-order valence-corrected chi connectivity index (χ0v) is 48.1. The van der Waals surface area contributed by atoms with Gasteiger partial charge in [0.15, 0.2) is 0 Å². The van der Waals surface area contributed by atoms with Crippen molar-refractivity contribution in [2.24, 2.45) is 0 Å². The van der Waals surface area contributed by atoms with Crippen LogP contribution in [-0.4, -0.2) is 4.98 Å². The summed E-state index contributed by atoms with van der Waals surface area (Å²) in [6, 6.07) is 63.2. The van der Waals surface area contributed by atoms with Crippen LogP contribution in [0.4, 0.5) is 0 Å². The molecule has 1 nitrogen and oxygen atoms in total. The van der Waals surface area contributed by atoms with Crippen LogP contribution < -0.4 is 0 Å². The van der Waals surface area contributed by atoms with Crippen molar-refractivity contribution in [3.05, 3.63) is 235 Å². The van der Waals surface area contributed by atoms with Crippen molar-refractivity contribution in [1.29, 1.82) is 0 Å². The van der Waals surface area contributed by atoms with Crippen LogP contribution in [0.15, 0.2) is 210 Å². The highest BCUT2D eigenvalue weighted by Gasteiger charge is 2.04. The monoisotopic (exact) mass is 1000 g/mol. The second-order valence-corrected chi connectivity index (χ2v) is 18.6. The van der Waals surface area contributed by atoms with Crippen molar-refractivity contribution in [2.75, 3.05) is 0 Å². The van der Waals surface area contributed by atoms with Crippen molar-refractivity contribution in [2.45, 2.75) is 104 Å². The lowest BCUT2D eigenvalue weighted by molar-refractivity contribution is 1.38. The van der Waals surface area contributed by atoms with Gasteiger partial charge in [-0.25, -0.2) is 0 Å². The molecule has 0 aliphatic heterocycles. The van der Waals surface area contributed by atoms with Crippen molar-refractivity contribution in [3.63, 3.8) is 0 Å². The van der Waals surface area contributed by atoms with E-state index in [9.17, 15) is 0 Å². The summed E-state index contributed by atoms with van der Waals surface area (Å²) in [5.41, 5.74) is 14.3. The topological polar surface area (TPSA) is 15.8 Å². The number of thiophene rings is 4. The number of aromatic nitrogens is 1. The van der Waals surface area contributed by atoms with Crippen LogP contribution >= 0.6 is 45.3 Å². The smallest absolute Gasteiger partial charge is 0.0456 e. The Labute approximate surface area is 441 Å². The van der Waals surface area contributed by atoms with Crippen LogP contribution in [0.2, 0.25) is 0 Å². The van der Waals surface area contributed by atoms with Gasteiger partial charge >= 0.3 is 0 Å². The molecular formula is C65H81NS4. The van der Waals surface area contributed by atoms with Gasteiger partial charge in [-0.2, -0.15) is 11.3 Å². The summed E-state index contributed by atoms with van der Waals surface area (Å²) in [4.78, 5) is 8.75. The molecule has 70 heavy (non-hydrogen) atoms. The minimum Gasteiger partial charge on any atom is -0.361 e. The summed E-state index contributed by atoms with van der Waals surface area (Å²) in [6.07, 6.45) is 2.02. The van der Waals surface area contributed by atoms with E-state index in [4.69, 9.17) is 0 Å². The molecule has 0 atom stereocenters. The van der Waals surface area contributed by atoms with Gasteiger partial charge in [0.05, 0.1) is 0 Å². The molecule has 0 saturated heterocycles. The number of hydrogen-bond acceptors (Lipinski definition) is 4. The Bertz CT molecular complexity index is 2490. The van der Waals surface area contributed by atoms with Gasteiger partial charge < -0.3 is 4.98 Å². The second-order valence-electron chi connectivity index (χ2n) is 14.2. The zero-order valence-electron chi connectivity index (χ0n) is 44.8. The Hall–Kier alpha value is -5.82. The van der Waals surface area contributed by atoms with Gasteiger partial charge in [0.25, 0.3) is 0 Å². The van der Waals surface area contributed by atoms with Crippen LogP contribution in [0.25, 0.3) is 55.8 Å². The molecule has 0 aliphatic carbocycles. The molecule has 370 valence electrons. The summed E-state index contributed by atoms with van der Waals surface area (Å²) in [5, 5.41) is 8.66. The van der Waals surface area contributed by atoms with E-state index < -0.39 is 0 Å². The van der Waals surface area contributed by atoms with Gasteiger partial charge in [0.2, 0.25) is 0 Å². The first-order valence-corrected chi connectivity index (χ1v) is 28.5. The van der Waals surface area contributed by atoms with E-state index in [0.717, 1.165) is 0 Å². The summed E-state index contributed by atoms with van der Waals surface area (Å²) < 4.78 is 0. The molecule has 0 aliphatic rings. The van der Waals surface area contributed by atoms with E-state index in [1.165, 1.54) is 80.8 Å². The van der Waals surface area contributed by atoms with Crippen LogP contribution in [0.5, 0.6) is 0 Å². The third-order valence-corrected chi connectivity index (χ3v) is 12.7. The molecule has 10 rings (SSSR count). The molecule has 0 saturated carbocycles. The summed E-state index contributed by atoms with van der Waals surface area (Å²) in [6.45, 7) is 30.7. The normalized spacial score (nSPS) is 9.07. The third kappa shape index (κ3) is 23.2. The van der Waals surface area contributed by atoms with Crippen molar-refractivity contribution < 1.29 is 0 Å². The summed E-state index contributed by atoms with van der Waals surface area (Å²) in [5.74, 6) is 0. The molecule has 10 aromatic rings. The Balaban J connectivity index is 0.000000418. The molecule has 0 radical (unpaired) electrons.